The van der Waals surface area contributed by atoms with Gasteiger partial charge in [0.15, 0.2) is 0 Å². The van der Waals surface area contributed by atoms with Crippen molar-refractivity contribution in [1.29, 1.82) is 0 Å². The number of carbonyl (C=O) groups excluding carboxylic acids is 1. The summed E-state index contributed by atoms with van der Waals surface area (Å²) in [5, 5.41) is 4.52. The standard InChI is InChI=1S/C22H24N2O2/c1-14-3-9-20-18(11-14)19-13-16(6-10-21(19)24-20)23-22(25)12-15-4-7-17(26-2)8-5-15/h3-5,7-9,11,16,24H,6,10,12-13H2,1-2H3,(H,23,25). The number of nitrogens with one attached hydrogen (secondary N) is 2. The van der Waals surface area contributed by atoms with Crippen LogP contribution in [0, 0.1) is 6.92 Å². The zero-order valence-corrected chi connectivity index (χ0v) is 15.3. The summed E-state index contributed by atoms with van der Waals surface area (Å²) in [6.07, 6.45) is 3.26. The molecule has 0 radical (unpaired) electrons. The van der Waals surface area contributed by atoms with Crippen molar-refractivity contribution in [3.63, 3.8) is 0 Å². The molecule has 0 saturated carbocycles. The number of hydrogen-bond donors (Lipinski definition) is 2. The first-order valence-corrected chi connectivity index (χ1v) is 9.15. The van der Waals surface area contributed by atoms with Gasteiger partial charge >= 0.3 is 0 Å². The Labute approximate surface area is 153 Å². The molecular weight excluding hydrogens is 324 g/mol. The minimum Gasteiger partial charge on any atom is -0.497 e. The van der Waals surface area contributed by atoms with Gasteiger partial charge in [-0.15, -0.1) is 0 Å². The number of benzene rings is 2. The number of aromatic nitrogens is 1. The van der Waals surface area contributed by atoms with Gasteiger partial charge in [0.25, 0.3) is 0 Å². The van der Waals surface area contributed by atoms with Crippen LogP contribution in [0.3, 0.4) is 0 Å². The SMILES string of the molecule is COc1ccc(CC(=O)NC2CCc3[nH]c4ccc(C)cc4c3C2)cc1. The molecule has 1 aliphatic rings. The van der Waals surface area contributed by atoms with Crippen LogP contribution in [0.25, 0.3) is 10.9 Å². The second-order valence-corrected chi connectivity index (χ2v) is 7.16. The fourth-order valence-electron chi connectivity index (χ4n) is 3.86. The molecule has 4 nitrogen and oxygen atoms in total. The summed E-state index contributed by atoms with van der Waals surface area (Å²) in [7, 11) is 1.64. The van der Waals surface area contributed by atoms with Crippen molar-refractivity contribution < 1.29 is 9.53 Å². The van der Waals surface area contributed by atoms with E-state index in [1.165, 1.54) is 27.7 Å². The number of aromatic amines is 1. The number of methoxy groups -OCH3 is 1. The van der Waals surface area contributed by atoms with E-state index in [0.29, 0.717) is 6.42 Å². The Morgan fingerprint density at radius 2 is 2.04 bits per heavy atom. The monoisotopic (exact) mass is 348 g/mol. The van der Waals surface area contributed by atoms with Crippen molar-refractivity contribution in [2.24, 2.45) is 0 Å². The van der Waals surface area contributed by atoms with Crippen LogP contribution < -0.4 is 10.1 Å². The van der Waals surface area contributed by atoms with Gasteiger partial charge in [-0.05, 0) is 61.6 Å². The lowest BCUT2D eigenvalue weighted by Crippen LogP contribution is -2.39. The highest BCUT2D eigenvalue weighted by molar-refractivity contribution is 5.86. The third-order valence-corrected chi connectivity index (χ3v) is 5.23. The lowest BCUT2D eigenvalue weighted by molar-refractivity contribution is -0.121. The number of carbonyl (C=O) groups is 1. The first-order valence-electron chi connectivity index (χ1n) is 9.15. The number of amides is 1. The van der Waals surface area contributed by atoms with Crippen molar-refractivity contribution in [3.8, 4) is 5.75 Å². The highest BCUT2D eigenvalue weighted by Crippen LogP contribution is 2.30. The Kier molecular flexibility index (Phi) is 4.41. The maximum atomic E-state index is 12.5. The van der Waals surface area contributed by atoms with Crippen molar-refractivity contribution in [1.82, 2.24) is 10.3 Å². The van der Waals surface area contributed by atoms with Crippen molar-refractivity contribution in [3.05, 3.63) is 64.8 Å². The molecule has 1 aromatic heterocycles. The number of fused-ring (bicyclic) bond motifs is 3. The first-order chi connectivity index (χ1) is 12.6. The van der Waals surface area contributed by atoms with E-state index in [4.69, 9.17) is 4.74 Å². The number of hydrogen-bond acceptors (Lipinski definition) is 2. The average Bonchev–Trinajstić information content (AvgIpc) is 2.99. The summed E-state index contributed by atoms with van der Waals surface area (Å²) in [5.74, 6) is 0.892. The zero-order chi connectivity index (χ0) is 18.1. The third-order valence-electron chi connectivity index (χ3n) is 5.23. The van der Waals surface area contributed by atoms with Crippen molar-refractivity contribution in [2.75, 3.05) is 7.11 Å². The van der Waals surface area contributed by atoms with E-state index >= 15 is 0 Å². The van der Waals surface area contributed by atoms with Crippen molar-refractivity contribution in [2.45, 2.75) is 38.6 Å². The predicted octanol–water partition coefficient (Wildman–Crippen LogP) is 3.70. The molecule has 0 spiro atoms. The van der Waals surface area contributed by atoms with E-state index in [0.717, 1.165) is 30.6 Å². The second kappa shape index (κ2) is 6.87. The molecule has 1 aliphatic carbocycles. The fraction of sp³-hybridized carbons (Fsp3) is 0.318. The number of rotatable bonds is 4. The Morgan fingerprint density at radius 3 is 2.81 bits per heavy atom. The quantitative estimate of drug-likeness (QED) is 0.755. The molecule has 26 heavy (non-hydrogen) atoms. The van der Waals surface area contributed by atoms with E-state index in [-0.39, 0.29) is 11.9 Å². The topological polar surface area (TPSA) is 54.1 Å². The van der Waals surface area contributed by atoms with Gasteiger partial charge in [0.2, 0.25) is 5.91 Å². The highest BCUT2D eigenvalue weighted by atomic mass is 16.5. The minimum absolute atomic E-state index is 0.0830. The minimum atomic E-state index is 0.0830. The number of ether oxygens (including phenoxy) is 1. The molecule has 134 valence electrons. The van der Waals surface area contributed by atoms with E-state index in [1.807, 2.05) is 24.3 Å². The van der Waals surface area contributed by atoms with Gasteiger partial charge in [-0.3, -0.25) is 4.79 Å². The van der Waals surface area contributed by atoms with Gasteiger partial charge in [0.1, 0.15) is 5.75 Å². The third kappa shape index (κ3) is 3.32. The Balaban J connectivity index is 1.44. The fourth-order valence-corrected chi connectivity index (χ4v) is 3.86. The van der Waals surface area contributed by atoms with Crippen LogP contribution in [0.15, 0.2) is 42.5 Å². The highest BCUT2D eigenvalue weighted by Gasteiger charge is 2.23. The van der Waals surface area contributed by atoms with E-state index < -0.39 is 0 Å². The molecule has 1 heterocycles. The molecule has 4 heteroatoms. The Morgan fingerprint density at radius 1 is 1.23 bits per heavy atom. The van der Waals surface area contributed by atoms with Crippen LogP contribution in [-0.2, 0) is 24.1 Å². The number of aryl methyl sites for hydroxylation is 2. The molecule has 0 bridgehead atoms. The second-order valence-electron chi connectivity index (χ2n) is 7.16. The van der Waals surface area contributed by atoms with Gasteiger partial charge in [-0.1, -0.05) is 23.8 Å². The van der Waals surface area contributed by atoms with Crippen molar-refractivity contribution >= 4 is 16.8 Å². The maximum absolute atomic E-state index is 12.5. The summed E-state index contributed by atoms with van der Waals surface area (Å²) in [4.78, 5) is 16.0. The molecule has 1 atom stereocenters. The van der Waals surface area contributed by atoms with Gasteiger partial charge in [0.05, 0.1) is 13.5 Å². The van der Waals surface area contributed by atoms with E-state index in [2.05, 4.69) is 35.4 Å². The molecule has 3 aromatic rings. The Hall–Kier alpha value is -2.75. The molecule has 0 saturated heterocycles. The normalized spacial score (nSPS) is 16.3. The van der Waals surface area contributed by atoms with Crippen LogP contribution in [0.1, 0.15) is 28.8 Å². The summed E-state index contributed by atoms with van der Waals surface area (Å²) in [6, 6.07) is 14.4. The van der Waals surface area contributed by atoms with E-state index in [9.17, 15) is 4.79 Å². The zero-order valence-electron chi connectivity index (χ0n) is 15.3. The van der Waals surface area contributed by atoms with Crippen LogP contribution in [0.4, 0.5) is 0 Å². The Bertz CT molecular complexity index is 941. The molecule has 4 rings (SSSR count). The molecule has 2 N–H and O–H groups in total. The molecular formula is C22H24N2O2. The van der Waals surface area contributed by atoms with Gasteiger partial charge in [-0.25, -0.2) is 0 Å². The smallest absolute Gasteiger partial charge is 0.224 e. The van der Waals surface area contributed by atoms with E-state index in [1.54, 1.807) is 7.11 Å². The lowest BCUT2D eigenvalue weighted by atomic mass is 9.91. The molecule has 2 aromatic carbocycles. The molecule has 0 fully saturated rings. The lowest BCUT2D eigenvalue weighted by Gasteiger charge is -2.23. The summed E-state index contributed by atoms with van der Waals surface area (Å²) < 4.78 is 5.16. The van der Waals surface area contributed by atoms with Crippen LogP contribution in [-0.4, -0.2) is 24.0 Å². The predicted molar refractivity (Wildman–Crippen MR) is 104 cm³/mol. The van der Waals surface area contributed by atoms with Gasteiger partial charge < -0.3 is 15.0 Å². The molecule has 1 amide bonds. The first kappa shape index (κ1) is 16.7. The number of H-pyrrole nitrogens is 1. The van der Waals surface area contributed by atoms with Crippen LogP contribution in [0.5, 0.6) is 5.75 Å². The molecule has 0 aliphatic heterocycles. The summed E-state index contributed by atoms with van der Waals surface area (Å²) in [5.41, 5.74) is 6.16. The molecule has 1 unspecified atom stereocenters. The average molecular weight is 348 g/mol. The maximum Gasteiger partial charge on any atom is 0.224 e. The van der Waals surface area contributed by atoms with Gasteiger partial charge in [-0.2, -0.15) is 0 Å². The van der Waals surface area contributed by atoms with Crippen LogP contribution in [0.2, 0.25) is 0 Å². The summed E-state index contributed by atoms with van der Waals surface area (Å²) >= 11 is 0. The van der Waals surface area contributed by atoms with Crippen LogP contribution >= 0.6 is 0 Å². The largest absolute Gasteiger partial charge is 0.497 e. The summed E-state index contributed by atoms with van der Waals surface area (Å²) in [6.45, 7) is 2.12. The van der Waals surface area contributed by atoms with Gasteiger partial charge in [0, 0.05) is 22.6 Å².